The third-order valence-corrected chi connectivity index (χ3v) is 7.44. The number of halogens is 1. The van der Waals surface area contributed by atoms with Gasteiger partial charge >= 0.3 is 0 Å². The van der Waals surface area contributed by atoms with Gasteiger partial charge in [0.05, 0.1) is 11.9 Å². The Labute approximate surface area is 202 Å². The molecule has 2 aliphatic rings. The van der Waals surface area contributed by atoms with Crippen LogP contribution in [0.4, 0.5) is 15.8 Å². The van der Waals surface area contributed by atoms with Crippen molar-refractivity contribution in [2.75, 3.05) is 22.8 Å². The second-order valence-corrected chi connectivity index (χ2v) is 12.3. The van der Waals surface area contributed by atoms with Crippen molar-refractivity contribution in [2.24, 2.45) is 9.81 Å². The van der Waals surface area contributed by atoms with E-state index in [1.165, 1.54) is 41.3 Å². The van der Waals surface area contributed by atoms with E-state index < -0.39 is 37.2 Å². The molecule has 0 saturated carbocycles. The number of carbonyl (C=O) groups excluding carboxylic acids is 1. The lowest BCUT2D eigenvalue weighted by Gasteiger charge is -2.39. The molecule has 0 aromatic heterocycles. The van der Waals surface area contributed by atoms with Crippen molar-refractivity contribution in [3.63, 3.8) is 0 Å². The lowest BCUT2D eigenvalue weighted by molar-refractivity contribution is -0.130. The normalized spacial score (nSPS) is 19.0. The van der Waals surface area contributed by atoms with Crippen molar-refractivity contribution in [1.82, 2.24) is 4.90 Å². The fourth-order valence-corrected chi connectivity index (χ4v) is 5.62. The number of aliphatic hydroxyl groups is 1. The highest BCUT2D eigenvalue weighted by Gasteiger charge is 2.43. The summed E-state index contributed by atoms with van der Waals surface area (Å²) >= 11 is 0. The second-order valence-electron chi connectivity index (χ2n) is 9.02. The molecule has 10 nitrogen and oxygen atoms in total. The van der Waals surface area contributed by atoms with Gasteiger partial charge in [0.25, 0.3) is 15.9 Å². The number of benzene rings is 2. The highest BCUT2D eigenvalue weighted by molar-refractivity contribution is 7.92. The number of hydrogen-bond donors (Lipinski definition) is 3. The lowest BCUT2D eigenvalue weighted by Crippen LogP contribution is -2.48. The number of nitrogens with one attached hydrogen (secondary N) is 2. The average molecular weight is 523 g/mol. The summed E-state index contributed by atoms with van der Waals surface area (Å²) in [5.41, 5.74) is -0.483. The van der Waals surface area contributed by atoms with E-state index in [0.29, 0.717) is 5.56 Å². The van der Waals surface area contributed by atoms with Crippen LogP contribution in [0, 0.1) is 11.2 Å². The molecule has 2 aromatic carbocycles. The molecule has 35 heavy (non-hydrogen) atoms. The maximum atomic E-state index is 13.4. The smallest absolute Gasteiger partial charge is 0.286 e. The van der Waals surface area contributed by atoms with E-state index in [1.54, 1.807) is 13.8 Å². The number of fused-ring (bicyclic) bond motifs is 1. The first-order valence-corrected chi connectivity index (χ1v) is 13.7. The predicted molar refractivity (Wildman–Crippen MR) is 128 cm³/mol. The van der Waals surface area contributed by atoms with Gasteiger partial charge in [0, 0.05) is 24.2 Å². The minimum absolute atomic E-state index is 0.0256. The van der Waals surface area contributed by atoms with Gasteiger partial charge in [0.15, 0.2) is 5.84 Å². The van der Waals surface area contributed by atoms with E-state index in [0.717, 1.165) is 12.3 Å². The number of sulfonamides is 2. The molecular formula is C22H23FN4O6S2. The molecule has 3 N–H and O–H groups in total. The van der Waals surface area contributed by atoms with E-state index in [2.05, 4.69) is 14.4 Å². The van der Waals surface area contributed by atoms with Crippen LogP contribution >= 0.6 is 0 Å². The summed E-state index contributed by atoms with van der Waals surface area (Å²) in [6, 6.07) is 9.41. The van der Waals surface area contributed by atoms with Crippen molar-refractivity contribution in [1.29, 1.82) is 0 Å². The van der Waals surface area contributed by atoms with E-state index in [-0.39, 0.29) is 46.5 Å². The summed E-state index contributed by atoms with van der Waals surface area (Å²) in [5.74, 6) is -1.73. The minimum Gasteiger partial charge on any atom is -0.511 e. The van der Waals surface area contributed by atoms with Gasteiger partial charge in [-0.05, 0) is 35.9 Å². The molecule has 4 rings (SSSR count). The quantitative estimate of drug-likeness (QED) is 0.547. The van der Waals surface area contributed by atoms with Gasteiger partial charge in [-0.1, -0.05) is 26.0 Å². The molecule has 2 heterocycles. The van der Waals surface area contributed by atoms with Crippen molar-refractivity contribution >= 4 is 43.2 Å². The van der Waals surface area contributed by atoms with Crippen LogP contribution in [0.25, 0.3) is 0 Å². The van der Waals surface area contributed by atoms with E-state index in [1.807, 2.05) is 0 Å². The van der Waals surface area contributed by atoms with Crippen molar-refractivity contribution in [3.8, 4) is 0 Å². The zero-order chi connectivity index (χ0) is 25.8. The van der Waals surface area contributed by atoms with Gasteiger partial charge in [0.1, 0.15) is 22.0 Å². The number of amides is 1. The minimum atomic E-state index is -4.35. The van der Waals surface area contributed by atoms with Crippen LogP contribution in [0.2, 0.25) is 0 Å². The highest BCUT2D eigenvalue weighted by Crippen LogP contribution is 2.37. The summed E-state index contributed by atoms with van der Waals surface area (Å²) in [6.07, 6.45) is 0.929. The predicted octanol–water partition coefficient (Wildman–Crippen LogP) is 2.59. The first-order valence-electron chi connectivity index (χ1n) is 10.4. The number of carbonyl (C=O) groups is 1. The molecule has 2 aromatic rings. The van der Waals surface area contributed by atoms with Gasteiger partial charge in [-0.2, -0.15) is 8.42 Å². The van der Waals surface area contributed by atoms with Gasteiger partial charge in [0.2, 0.25) is 10.0 Å². The second kappa shape index (κ2) is 8.34. The zero-order valence-electron chi connectivity index (χ0n) is 19.0. The largest absolute Gasteiger partial charge is 0.511 e. The fraction of sp³-hybridized carbons (Fsp3) is 0.273. The standard InChI is InChI=1S/C22H23FN4O6S2/c1-22(2)12-27(11-13-4-6-14(23)7-5-13)21(29)18(19(22)28)20-24-16-9-8-15(25-34(3,30)31)10-17(16)35(32,33)26-20/h4-10,25,28H,11-12H2,1-3H3,(H,24,26). The van der Waals surface area contributed by atoms with Gasteiger partial charge in [-0.3, -0.25) is 9.52 Å². The molecule has 0 atom stereocenters. The van der Waals surface area contributed by atoms with Gasteiger partial charge in [-0.25, -0.2) is 12.8 Å². The SMILES string of the molecule is CC1(C)CN(Cc2ccc(F)cc2)C(=O)C(C2=NS(=O)(=O)c3cc(NS(C)(=O)=O)ccc3N2)=C1O. The number of amidine groups is 1. The molecule has 1 amide bonds. The Bertz CT molecular complexity index is 1500. The highest BCUT2D eigenvalue weighted by atomic mass is 32.2. The lowest BCUT2D eigenvalue weighted by atomic mass is 9.83. The molecule has 0 radical (unpaired) electrons. The van der Waals surface area contributed by atoms with Crippen molar-refractivity contribution in [3.05, 3.63) is 65.2 Å². The maximum Gasteiger partial charge on any atom is 0.286 e. The average Bonchev–Trinajstić information content (AvgIpc) is 2.73. The van der Waals surface area contributed by atoms with Crippen LogP contribution in [-0.4, -0.2) is 51.4 Å². The van der Waals surface area contributed by atoms with Crippen LogP contribution < -0.4 is 10.0 Å². The first-order chi connectivity index (χ1) is 16.2. The Kier molecular flexibility index (Phi) is 5.88. The Hall–Kier alpha value is -3.45. The molecule has 0 saturated heterocycles. The van der Waals surface area contributed by atoms with Crippen LogP contribution in [0.3, 0.4) is 0 Å². The number of nitrogens with zero attached hydrogens (tertiary/aromatic N) is 2. The summed E-state index contributed by atoms with van der Waals surface area (Å²) in [7, 11) is -7.99. The Morgan fingerprint density at radius 3 is 2.49 bits per heavy atom. The van der Waals surface area contributed by atoms with Gasteiger partial charge in [-0.15, -0.1) is 4.40 Å². The summed E-state index contributed by atoms with van der Waals surface area (Å²) in [4.78, 5) is 14.5. The van der Waals surface area contributed by atoms with Crippen LogP contribution in [0.5, 0.6) is 0 Å². The number of rotatable bonds is 5. The molecule has 0 aliphatic carbocycles. The topological polar surface area (TPSA) is 145 Å². The molecule has 0 fully saturated rings. The van der Waals surface area contributed by atoms with Crippen LogP contribution in [0.1, 0.15) is 19.4 Å². The number of hydrogen-bond acceptors (Lipinski definition) is 7. The summed E-state index contributed by atoms with van der Waals surface area (Å²) in [6.45, 7) is 3.63. The monoisotopic (exact) mass is 522 g/mol. The van der Waals surface area contributed by atoms with Crippen LogP contribution in [0.15, 0.2) is 63.1 Å². The molecule has 0 unspecified atom stereocenters. The maximum absolute atomic E-state index is 13.4. The fourth-order valence-electron chi connectivity index (χ4n) is 3.92. The molecule has 0 bridgehead atoms. The summed E-state index contributed by atoms with van der Waals surface area (Å²) in [5, 5.41) is 13.7. The van der Waals surface area contributed by atoms with E-state index in [4.69, 9.17) is 0 Å². The number of anilines is 2. The van der Waals surface area contributed by atoms with Crippen LogP contribution in [-0.2, 0) is 31.4 Å². The number of aliphatic hydroxyl groups excluding tert-OH is 1. The zero-order valence-corrected chi connectivity index (χ0v) is 20.7. The Morgan fingerprint density at radius 2 is 1.86 bits per heavy atom. The van der Waals surface area contributed by atoms with E-state index >= 15 is 0 Å². The van der Waals surface area contributed by atoms with Gasteiger partial charge < -0.3 is 15.3 Å². The summed E-state index contributed by atoms with van der Waals surface area (Å²) < 4.78 is 68.1. The molecule has 186 valence electrons. The van der Waals surface area contributed by atoms with E-state index in [9.17, 15) is 31.1 Å². The van der Waals surface area contributed by atoms with Crippen molar-refractivity contribution in [2.45, 2.75) is 25.3 Å². The molecule has 2 aliphatic heterocycles. The first kappa shape index (κ1) is 24.7. The third-order valence-electron chi connectivity index (χ3n) is 5.52. The third kappa shape index (κ3) is 5.00. The van der Waals surface area contributed by atoms with Crippen molar-refractivity contribution < 1.29 is 31.1 Å². The Morgan fingerprint density at radius 1 is 1.20 bits per heavy atom. The molecule has 0 spiro atoms. The molecule has 13 heteroatoms. The Balaban J connectivity index is 1.73. The molecular weight excluding hydrogens is 499 g/mol.